The first-order valence-electron chi connectivity index (χ1n) is 7.26. The molecule has 2 aliphatic rings. The zero-order valence-corrected chi connectivity index (χ0v) is 11.7. The number of aliphatic carboxylic acids is 1. The summed E-state index contributed by atoms with van der Waals surface area (Å²) >= 11 is 0. The summed E-state index contributed by atoms with van der Waals surface area (Å²) in [4.78, 5) is 26.9. The van der Waals surface area contributed by atoms with Gasteiger partial charge in [0.05, 0.1) is 5.92 Å². The van der Waals surface area contributed by atoms with Gasteiger partial charge in [-0.25, -0.2) is 0 Å². The first kappa shape index (κ1) is 13.8. The lowest BCUT2D eigenvalue weighted by Gasteiger charge is -2.17. The fourth-order valence-electron chi connectivity index (χ4n) is 2.86. The van der Waals surface area contributed by atoms with Crippen LogP contribution in [0, 0.1) is 5.92 Å². The number of rotatable bonds is 3. The molecule has 1 aromatic heterocycles. The molecule has 7 nitrogen and oxygen atoms in total. The van der Waals surface area contributed by atoms with Crippen LogP contribution in [0.25, 0.3) is 0 Å². The van der Waals surface area contributed by atoms with Gasteiger partial charge >= 0.3 is 5.97 Å². The van der Waals surface area contributed by atoms with Gasteiger partial charge in [-0.2, -0.15) is 0 Å². The van der Waals surface area contributed by atoms with E-state index in [2.05, 4.69) is 15.1 Å². The zero-order chi connectivity index (χ0) is 14.8. The molecule has 2 aliphatic heterocycles. The van der Waals surface area contributed by atoms with E-state index in [1.54, 1.807) is 11.0 Å². The molecule has 3 rings (SSSR count). The normalized spacial score (nSPS) is 21.8. The summed E-state index contributed by atoms with van der Waals surface area (Å²) in [5.74, 6) is -0.750. The van der Waals surface area contributed by atoms with Crippen molar-refractivity contribution in [3.8, 4) is 0 Å². The third-order valence-electron chi connectivity index (χ3n) is 4.12. The topological polar surface area (TPSA) is 86.6 Å². The largest absolute Gasteiger partial charge is 0.481 e. The number of carbonyl (C=O) groups excluding carboxylic acids is 1. The highest BCUT2D eigenvalue weighted by atomic mass is 16.4. The lowest BCUT2D eigenvalue weighted by molar-refractivity contribution is -0.141. The maximum Gasteiger partial charge on any atom is 0.308 e. The Morgan fingerprint density at radius 3 is 2.48 bits per heavy atom. The van der Waals surface area contributed by atoms with Gasteiger partial charge in [-0.3, -0.25) is 9.59 Å². The summed E-state index contributed by atoms with van der Waals surface area (Å²) in [5.41, 5.74) is 0.281. The van der Waals surface area contributed by atoms with Crippen molar-refractivity contribution in [2.75, 3.05) is 31.1 Å². The van der Waals surface area contributed by atoms with E-state index in [4.69, 9.17) is 5.11 Å². The number of carboxylic acids is 1. The van der Waals surface area contributed by atoms with Gasteiger partial charge in [-0.1, -0.05) is 0 Å². The van der Waals surface area contributed by atoms with Crippen molar-refractivity contribution < 1.29 is 14.7 Å². The van der Waals surface area contributed by atoms with E-state index in [0.717, 1.165) is 31.7 Å². The molecule has 112 valence electrons. The van der Waals surface area contributed by atoms with Crippen LogP contribution in [0.15, 0.2) is 12.1 Å². The number of amides is 1. The fourth-order valence-corrected chi connectivity index (χ4v) is 2.86. The number of hydrogen-bond donors (Lipinski definition) is 1. The number of aromatic nitrogens is 2. The molecule has 2 saturated heterocycles. The van der Waals surface area contributed by atoms with Crippen LogP contribution in [0.2, 0.25) is 0 Å². The molecule has 0 spiro atoms. The number of anilines is 1. The van der Waals surface area contributed by atoms with Crippen LogP contribution in [0.1, 0.15) is 29.8 Å². The Labute approximate surface area is 122 Å². The minimum atomic E-state index is -0.847. The summed E-state index contributed by atoms with van der Waals surface area (Å²) < 4.78 is 0. The highest BCUT2D eigenvalue weighted by Gasteiger charge is 2.32. The molecular weight excluding hydrogens is 272 g/mol. The van der Waals surface area contributed by atoms with E-state index in [0.29, 0.717) is 13.0 Å². The Morgan fingerprint density at radius 2 is 1.90 bits per heavy atom. The minimum absolute atomic E-state index is 0.237. The van der Waals surface area contributed by atoms with Crippen molar-refractivity contribution >= 4 is 17.7 Å². The van der Waals surface area contributed by atoms with Gasteiger partial charge in [0, 0.05) is 26.2 Å². The van der Waals surface area contributed by atoms with Crippen molar-refractivity contribution in [3.05, 3.63) is 17.8 Å². The molecule has 1 amide bonds. The highest BCUT2D eigenvalue weighted by molar-refractivity contribution is 5.93. The Kier molecular flexibility index (Phi) is 3.72. The number of likely N-dealkylation sites (tertiary alicyclic amines) is 1. The maximum atomic E-state index is 12.3. The van der Waals surface area contributed by atoms with Crippen LogP contribution in [0.4, 0.5) is 5.82 Å². The quantitative estimate of drug-likeness (QED) is 0.878. The van der Waals surface area contributed by atoms with Crippen molar-refractivity contribution in [3.63, 3.8) is 0 Å². The van der Waals surface area contributed by atoms with Crippen LogP contribution >= 0.6 is 0 Å². The summed E-state index contributed by atoms with van der Waals surface area (Å²) in [5, 5.41) is 17.1. The van der Waals surface area contributed by atoms with Gasteiger partial charge < -0.3 is 14.9 Å². The summed E-state index contributed by atoms with van der Waals surface area (Å²) in [6.07, 6.45) is 2.82. The second kappa shape index (κ2) is 5.67. The molecule has 2 fully saturated rings. The van der Waals surface area contributed by atoms with Gasteiger partial charge in [0.25, 0.3) is 5.91 Å². The minimum Gasteiger partial charge on any atom is -0.481 e. The van der Waals surface area contributed by atoms with Crippen LogP contribution in [0.5, 0.6) is 0 Å². The SMILES string of the molecule is O=C(O)C1CCN(C(=O)c2ccc(N3CCCC3)nn2)C1. The Morgan fingerprint density at radius 1 is 1.14 bits per heavy atom. The Balaban J connectivity index is 1.66. The average Bonchev–Trinajstić information content (AvgIpc) is 3.18. The van der Waals surface area contributed by atoms with E-state index in [9.17, 15) is 9.59 Å². The van der Waals surface area contributed by atoms with E-state index in [-0.39, 0.29) is 18.1 Å². The molecule has 1 aromatic rings. The smallest absolute Gasteiger partial charge is 0.308 e. The molecule has 3 heterocycles. The van der Waals surface area contributed by atoms with Crippen LogP contribution < -0.4 is 4.90 Å². The predicted octanol–water partition coefficient (Wildman–Crippen LogP) is 0.623. The van der Waals surface area contributed by atoms with Gasteiger partial charge in [0.2, 0.25) is 0 Å². The number of carbonyl (C=O) groups is 2. The van der Waals surface area contributed by atoms with E-state index < -0.39 is 11.9 Å². The maximum absolute atomic E-state index is 12.3. The van der Waals surface area contributed by atoms with E-state index in [1.807, 2.05) is 6.07 Å². The average molecular weight is 290 g/mol. The molecule has 1 atom stereocenters. The second-order valence-electron chi connectivity index (χ2n) is 5.55. The van der Waals surface area contributed by atoms with Crippen LogP contribution in [0.3, 0.4) is 0 Å². The number of hydrogen-bond acceptors (Lipinski definition) is 5. The molecule has 0 radical (unpaired) electrons. The molecule has 0 bridgehead atoms. The number of carboxylic acid groups (broad SMARTS) is 1. The first-order chi connectivity index (χ1) is 10.1. The monoisotopic (exact) mass is 290 g/mol. The summed E-state index contributed by atoms with van der Waals surface area (Å²) in [7, 11) is 0. The highest BCUT2D eigenvalue weighted by Crippen LogP contribution is 2.20. The van der Waals surface area contributed by atoms with E-state index in [1.165, 1.54) is 0 Å². The predicted molar refractivity (Wildman–Crippen MR) is 75.1 cm³/mol. The van der Waals surface area contributed by atoms with Crippen molar-refractivity contribution in [2.45, 2.75) is 19.3 Å². The van der Waals surface area contributed by atoms with Crippen LogP contribution in [-0.2, 0) is 4.79 Å². The molecule has 0 aliphatic carbocycles. The molecule has 0 saturated carbocycles. The van der Waals surface area contributed by atoms with Gasteiger partial charge in [0.1, 0.15) is 0 Å². The molecule has 0 aromatic carbocycles. The molecule has 7 heteroatoms. The fraction of sp³-hybridized carbons (Fsp3) is 0.571. The van der Waals surface area contributed by atoms with Crippen molar-refractivity contribution in [2.24, 2.45) is 5.92 Å². The summed E-state index contributed by atoms with van der Waals surface area (Å²) in [6.45, 7) is 2.68. The van der Waals surface area contributed by atoms with Gasteiger partial charge in [-0.05, 0) is 31.4 Å². The van der Waals surface area contributed by atoms with Crippen molar-refractivity contribution in [1.29, 1.82) is 0 Å². The Hall–Kier alpha value is -2.18. The van der Waals surface area contributed by atoms with Crippen molar-refractivity contribution in [1.82, 2.24) is 15.1 Å². The second-order valence-corrected chi connectivity index (χ2v) is 5.55. The lowest BCUT2D eigenvalue weighted by Crippen LogP contribution is -2.31. The standard InChI is InChI=1S/C14H18N4O3/c19-13(18-8-5-10(9-18)14(20)21)11-3-4-12(16-15-11)17-6-1-2-7-17/h3-4,10H,1-2,5-9H2,(H,20,21). The first-order valence-corrected chi connectivity index (χ1v) is 7.26. The summed E-state index contributed by atoms with van der Waals surface area (Å²) in [6, 6.07) is 3.49. The third-order valence-corrected chi connectivity index (χ3v) is 4.12. The molecule has 1 N–H and O–H groups in total. The third kappa shape index (κ3) is 2.81. The zero-order valence-electron chi connectivity index (χ0n) is 11.7. The lowest BCUT2D eigenvalue weighted by atomic mass is 10.1. The molecule has 21 heavy (non-hydrogen) atoms. The number of nitrogens with zero attached hydrogens (tertiary/aromatic N) is 4. The Bertz CT molecular complexity index is 540. The van der Waals surface area contributed by atoms with Crippen LogP contribution in [-0.4, -0.2) is 58.3 Å². The van der Waals surface area contributed by atoms with E-state index >= 15 is 0 Å². The van der Waals surface area contributed by atoms with Gasteiger partial charge in [-0.15, -0.1) is 10.2 Å². The molecule has 1 unspecified atom stereocenters. The van der Waals surface area contributed by atoms with Gasteiger partial charge in [0.15, 0.2) is 11.5 Å². The molecular formula is C14H18N4O3.